The summed E-state index contributed by atoms with van der Waals surface area (Å²) >= 11 is 0. The number of aromatic amines is 1. The third kappa shape index (κ3) is 1.41. The number of H-pyrrole nitrogens is 1. The molecule has 2 aromatic rings. The lowest BCUT2D eigenvalue weighted by Gasteiger charge is -2.21. The van der Waals surface area contributed by atoms with Crippen LogP contribution in [0.3, 0.4) is 0 Å². The lowest BCUT2D eigenvalue weighted by molar-refractivity contribution is 0.724. The predicted octanol–water partition coefficient (Wildman–Crippen LogP) is 3.33. The third-order valence-corrected chi connectivity index (χ3v) is 3.56. The average Bonchev–Trinajstić information content (AvgIpc) is 2.56. The molecule has 2 heteroatoms. The number of aryl methyl sites for hydroxylation is 1. The van der Waals surface area contributed by atoms with Gasteiger partial charge in [0.15, 0.2) is 0 Å². The van der Waals surface area contributed by atoms with Gasteiger partial charge in [-0.2, -0.15) is 0 Å². The summed E-state index contributed by atoms with van der Waals surface area (Å²) in [5.41, 5.74) is 4.17. The minimum absolute atomic E-state index is 1.11. The van der Waals surface area contributed by atoms with Crippen molar-refractivity contribution in [2.75, 3.05) is 18.0 Å². The first-order chi connectivity index (χ1) is 7.90. The number of fused-ring (bicyclic) bond motifs is 3. The fourth-order valence-electron chi connectivity index (χ4n) is 2.76. The molecule has 2 heterocycles. The van der Waals surface area contributed by atoms with Crippen LogP contribution in [-0.4, -0.2) is 18.1 Å². The van der Waals surface area contributed by atoms with Gasteiger partial charge in [0, 0.05) is 29.7 Å². The molecular formula is C14H18N2. The van der Waals surface area contributed by atoms with Gasteiger partial charge >= 0.3 is 0 Å². The fraction of sp³-hybridized carbons (Fsp3) is 0.429. The molecule has 1 aromatic carbocycles. The van der Waals surface area contributed by atoms with Gasteiger partial charge in [0.05, 0.1) is 5.69 Å². The van der Waals surface area contributed by atoms with Gasteiger partial charge in [-0.15, -0.1) is 0 Å². The summed E-state index contributed by atoms with van der Waals surface area (Å²) < 4.78 is 0. The molecule has 0 spiro atoms. The van der Waals surface area contributed by atoms with Crippen molar-refractivity contribution in [1.29, 1.82) is 0 Å². The van der Waals surface area contributed by atoms with Crippen LogP contribution >= 0.6 is 0 Å². The van der Waals surface area contributed by atoms with E-state index >= 15 is 0 Å². The quantitative estimate of drug-likeness (QED) is 0.771. The Hall–Kier alpha value is -1.44. The molecule has 3 rings (SSSR count). The van der Waals surface area contributed by atoms with Crippen LogP contribution in [-0.2, 0) is 6.42 Å². The standard InChI is InChI=1S/C14H18N2/c1-2-16-10-6-5-9-13-14(16)11-7-3-4-8-12(11)15-13/h3-4,7-8,15H,2,5-6,9-10H2,1H3. The summed E-state index contributed by atoms with van der Waals surface area (Å²) in [6, 6.07) is 8.65. The summed E-state index contributed by atoms with van der Waals surface area (Å²) in [5.74, 6) is 0. The summed E-state index contributed by atoms with van der Waals surface area (Å²) in [6.45, 7) is 4.55. The van der Waals surface area contributed by atoms with Gasteiger partial charge in [0.1, 0.15) is 0 Å². The van der Waals surface area contributed by atoms with E-state index in [1.165, 1.54) is 48.1 Å². The van der Waals surface area contributed by atoms with Crippen LogP contribution in [0.25, 0.3) is 10.9 Å². The van der Waals surface area contributed by atoms with Crippen molar-refractivity contribution in [1.82, 2.24) is 4.98 Å². The van der Waals surface area contributed by atoms with E-state index in [9.17, 15) is 0 Å². The molecule has 1 aromatic heterocycles. The van der Waals surface area contributed by atoms with Gasteiger partial charge in [-0.1, -0.05) is 18.2 Å². The molecule has 0 amide bonds. The Balaban J connectivity index is 2.23. The van der Waals surface area contributed by atoms with Crippen molar-refractivity contribution < 1.29 is 0 Å². The molecule has 0 radical (unpaired) electrons. The first kappa shape index (κ1) is 9.76. The Labute approximate surface area is 96.3 Å². The Bertz CT molecular complexity index is 498. The molecule has 1 N–H and O–H groups in total. The molecule has 1 aliphatic heterocycles. The van der Waals surface area contributed by atoms with Crippen LogP contribution in [0.2, 0.25) is 0 Å². The second kappa shape index (κ2) is 3.85. The largest absolute Gasteiger partial charge is 0.370 e. The van der Waals surface area contributed by atoms with Crippen molar-refractivity contribution in [3.63, 3.8) is 0 Å². The van der Waals surface area contributed by atoms with Gasteiger partial charge in [-0.05, 0) is 32.3 Å². The number of benzene rings is 1. The highest BCUT2D eigenvalue weighted by molar-refractivity contribution is 5.95. The predicted molar refractivity (Wildman–Crippen MR) is 69.1 cm³/mol. The normalized spacial score (nSPS) is 16.2. The lowest BCUT2D eigenvalue weighted by Crippen LogP contribution is -2.23. The Morgan fingerprint density at radius 2 is 2.12 bits per heavy atom. The van der Waals surface area contributed by atoms with E-state index < -0.39 is 0 Å². The molecule has 0 fully saturated rings. The van der Waals surface area contributed by atoms with Gasteiger partial charge in [-0.25, -0.2) is 0 Å². The highest BCUT2D eigenvalue weighted by Gasteiger charge is 2.18. The zero-order chi connectivity index (χ0) is 11.0. The van der Waals surface area contributed by atoms with Crippen molar-refractivity contribution in [3.8, 4) is 0 Å². The van der Waals surface area contributed by atoms with Gasteiger partial charge in [0.25, 0.3) is 0 Å². The van der Waals surface area contributed by atoms with E-state index in [0.29, 0.717) is 0 Å². The summed E-state index contributed by atoms with van der Waals surface area (Å²) in [7, 11) is 0. The number of anilines is 1. The van der Waals surface area contributed by atoms with Crippen LogP contribution in [0.15, 0.2) is 24.3 Å². The highest BCUT2D eigenvalue weighted by atomic mass is 15.1. The maximum atomic E-state index is 3.58. The number of rotatable bonds is 1. The third-order valence-electron chi connectivity index (χ3n) is 3.56. The van der Waals surface area contributed by atoms with E-state index in [1.54, 1.807) is 0 Å². The minimum atomic E-state index is 1.11. The summed E-state index contributed by atoms with van der Waals surface area (Å²) in [4.78, 5) is 6.09. The first-order valence-electron chi connectivity index (χ1n) is 6.24. The second-order valence-corrected chi connectivity index (χ2v) is 4.53. The Kier molecular flexibility index (Phi) is 2.35. The average molecular weight is 214 g/mol. The van der Waals surface area contributed by atoms with Crippen LogP contribution in [0.1, 0.15) is 25.5 Å². The molecular weight excluding hydrogens is 196 g/mol. The van der Waals surface area contributed by atoms with Gasteiger partial charge < -0.3 is 9.88 Å². The molecule has 0 aliphatic carbocycles. The molecule has 0 saturated carbocycles. The number of hydrogen-bond acceptors (Lipinski definition) is 1. The van der Waals surface area contributed by atoms with Crippen LogP contribution in [0, 0.1) is 0 Å². The monoisotopic (exact) mass is 214 g/mol. The van der Waals surface area contributed by atoms with E-state index in [0.717, 1.165) is 6.54 Å². The second-order valence-electron chi connectivity index (χ2n) is 4.53. The molecule has 0 bridgehead atoms. The van der Waals surface area contributed by atoms with Crippen molar-refractivity contribution in [2.45, 2.75) is 26.2 Å². The molecule has 0 saturated heterocycles. The SMILES string of the molecule is CCN1CCCCc2[nH]c3ccccc3c21. The molecule has 1 aliphatic rings. The van der Waals surface area contributed by atoms with Crippen molar-refractivity contribution in [3.05, 3.63) is 30.0 Å². The number of aromatic nitrogens is 1. The summed E-state index contributed by atoms with van der Waals surface area (Å²) in [6.07, 6.45) is 3.81. The van der Waals surface area contributed by atoms with E-state index in [-0.39, 0.29) is 0 Å². The Morgan fingerprint density at radius 3 is 3.00 bits per heavy atom. The van der Waals surface area contributed by atoms with Gasteiger partial charge in [0.2, 0.25) is 0 Å². The summed E-state index contributed by atoms with van der Waals surface area (Å²) in [5, 5.41) is 1.39. The van der Waals surface area contributed by atoms with Crippen LogP contribution in [0.4, 0.5) is 5.69 Å². The fourth-order valence-corrected chi connectivity index (χ4v) is 2.76. The zero-order valence-corrected chi connectivity index (χ0v) is 9.79. The molecule has 16 heavy (non-hydrogen) atoms. The van der Waals surface area contributed by atoms with Gasteiger partial charge in [-0.3, -0.25) is 0 Å². The lowest BCUT2D eigenvalue weighted by atomic mass is 10.2. The first-order valence-corrected chi connectivity index (χ1v) is 6.24. The molecule has 0 unspecified atom stereocenters. The smallest absolute Gasteiger partial charge is 0.0657 e. The van der Waals surface area contributed by atoms with E-state index in [1.807, 2.05) is 0 Å². The minimum Gasteiger partial charge on any atom is -0.370 e. The topological polar surface area (TPSA) is 19.0 Å². The number of nitrogens with zero attached hydrogens (tertiary/aromatic N) is 1. The van der Waals surface area contributed by atoms with Crippen molar-refractivity contribution in [2.24, 2.45) is 0 Å². The number of para-hydroxylation sites is 1. The molecule has 0 atom stereocenters. The van der Waals surface area contributed by atoms with Crippen molar-refractivity contribution >= 4 is 16.6 Å². The highest BCUT2D eigenvalue weighted by Crippen LogP contribution is 2.33. The number of nitrogens with one attached hydrogen (secondary N) is 1. The maximum Gasteiger partial charge on any atom is 0.0657 e. The van der Waals surface area contributed by atoms with E-state index in [4.69, 9.17) is 0 Å². The molecule has 84 valence electrons. The van der Waals surface area contributed by atoms with E-state index in [2.05, 4.69) is 41.1 Å². The molecule has 2 nitrogen and oxygen atoms in total. The maximum absolute atomic E-state index is 3.58. The van der Waals surface area contributed by atoms with Crippen LogP contribution in [0.5, 0.6) is 0 Å². The Morgan fingerprint density at radius 1 is 1.25 bits per heavy atom. The number of hydrogen-bond donors (Lipinski definition) is 1. The zero-order valence-electron chi connectivity index (χ0n) is 9.79. The van der Waals surface area contributed by atoms with Crippen LogP contribution < -0.4 is 4.90 Å².